The van der Waals surface area contributed by atoms with Crippen molar-refractivity contribution in [3.63, 3.8) is 0 Å². The lowest BCUT2D eigenvalue weighted by Crippen LogP contribution is -2.33. The van der Waals surface area contributed by atoms with E-state index in [2.05, 4.69) is 218 Å². The van der Waals surface area contributed by atoms with Gasteiger partial charge in [0.2, 0.25) is 0 Å². The molecule has 1 unspecified atom stereocenters. The Bertz CT molecular complexity index is 3260. The Morgan fingerprint density at radius 3 is 1.67 bits per heavy atom. The molecule has 1 heterocycles. The molecule has 0 bridgehead atoms. The van der Waals surface area contributed by atoms with Crippen LogP contribution in [0, 0.1) is 0 Å². The van der Waals surface area contributed by atoms with Crippen LogP contribution in [-0.2, 0) is 0 Å². The van der Waals surface area contributed by atoms with Crippen molar-refractivity contribution in [3.8, 4) is 22.3 Å². The van der Waals surface area contributed by atoms with Crippen molar-refractivity contribution in [2.75, 3.05) is 7.05 Å². The van der Waals surface area contributed by atoms with Gasteiger partial charge in [-0.25, -0.2) is 4.99 Å². The van der Waals surface area contributed by atoms with Gasteiger partial charge >= 0.3 is 0 Å². The van der Waals surface area contributed by atoms with Crippen molar-refractivity contribution < 1.29 is 0 Å². The van der Waals surface area contributed by atoms with Gasteiger partial charge in [-0.2, -0.15) is 0 Å². The van der Waals surface area contributed by atoms with Crippen LogP contribution in [0.1, 0.15) is 22.7 Å². The monoisotopic (exact) mass is 726 g/mol. The zero-order valence-electron chi connectivity index (χ0n) is 31.6. The summed E-state index contributed by atoms with van der Waals surface area (Å²) in [4.78, 5) is 7.87. The van der Waals surface area contributed by atoms with Crippen molar-refractivity contribution in [3.05, 3.63) is 223 Å². The van der Waals surface area contributed by atoms with Crippen molar-refractivity contribution in [2.45, 2.75) is 6.04 Å². The molecule has 0 spiro atoms. The maximum atomic E-state index is 5.55. The quantitative estimate of drug-likeness (QED) is 0.161. The molecule has 2 nitrogen and oxygen atoms in total. The lowest BCUT2D eigenvalue weighted by Gasteiger charge is -2.34. The Labute approximate surface area is 332 Å². The second-order valence-electron chi connectivity index (χ2n) is 15.2. The maximum Gasteiger partial charge on any atom is 0.137 e. The van der Waals surface area contributed by atoms with Gasteiger partial charge < -0.3 is 4.90 Å². The fraction of sp³-hybridized carbons (Fsp3) is 0.0364. The van der Waals surface area contributed by atoms with E-state index in [9.17, 15) is 0 Å². The Balaban J connectivity index is 1.17. The summed E-state index contributed by atoms with van der Waals surface area (Å²) in [7, 11) is 2.17. The second-order valence-corrected chi connectivity index (χ2v) is 15.2. The summed E-state index contributed by atoms with van der Waals surface area (Å²) in [5.41, 5.74) is 9.15. The van der Waals surface area contributed by atoms with Crippen molar-refractivity contribution in [2.24, 2.45) is 4.99 Å². The van der Waals surface area contributed by atoms with Gasteiger partial charge in [0.15, 0.2) is 0 Å². The molecule has 57 heavy (non-hydrogen) atoms. The standard InChI is InChI=1S/C55H38N2/c1-57-54(42-26-25-36-13-5-6-18-40(36)33-42)35-53(56-55(57)39-16-3-2-4-17-39)51-32-29-41(45-21-11-22-46-43-19-9-7-14-37(43)27-30-49(45)46)34-52(51)48-24-12-23-47-44-20-10-8-15-38(44)28-31-50(47)48/h2-35,54H,1H3. The molecule has 0 saturated carbocycles. The number of nitrogens with zero attached hydrogens (tertiary/aromatic N) is 2. The highest BCUT2D eigenvalue weighted by Gasteiger charge is 2.27. The van der Waals surface area contributed by atoms with E-state index in [4.69, 9.17) is 4.99 Å². The zero-order valence-corrected chi connectivity index (χ0v) is 31.6. The minimum atomic E-state index is -0.0346. The molecule has 0 N–H and O–H groups in total. The molecule has 10 aromatic carbocycles. The third-order valence-electron chi connectivity index (χ3n) is 11.9. The fourth-order valence-corrected chi connectivity index (χ4v) is 9.07. The molecule has 0 amide bonds. The first-order valence-electron chi connectivity index (χ1n) is 19.7. The smallest absolute Gasteiger partial charge is 0.137 e. The average molecular weight is 727 g/mol. The Kier molecular flexibility index (Phi) is 7.82. The summed E-state index contributed by atoms with van der Waals surface area (Å²) in [6.45, 7) is 0. The highest BCUT2D eigenvalue weighted by Crippen LogP contribution is 2.43. The molecular formula is C55H38N2. The lowest BCUT2D eigenvalue weighted by atomic mass is 9.87. The van der Waals surface area contributed by atoms with E-state index in [-0.39, 0.29) is 6.04 Å². The van der Waals surface area contributed by atoms with Crippen LogP contribution in [0.2, 0.25) is 0 Å². The number of likely N-dealkylation sites (N-methyl/N-ethyl adjacent to an activating group) is 1. The summed E-state index contributed by atoms with van der Waals surface area (Å²) in [5.74, 6) is 0.950. The van der Waals surface area contributed by atoms with Gasteiger partial charge in [-0.3, -0.25) is 0 Å². The molecule has 1 atom stereocenters. The molecule has 1 aliphatic heterocycles. The van der Waals surface area contributed by atoms with Crippen LogP contribution in [-0.4, -0.2) is 17.8 Å². The van der Waals surface area contributed by atoms with Crippen molar-refractivity contribution >= 4 is 65.4 Å². The number of hydrogen-bond acceptors (Lipinski definition) is 2. The van der Waals surface area contributed by atoms with Crippen LogP contribution >= 0.6 is 0 Å². The van der Waals surface area contributed by atoms with Crippen LogP contribution < -0.4 is 0 Å². The van der Waals surface area contributed by atoms with Crippen LogP contribution in [0.4, 0.5) is 0 Å². The van der Waals surface area contributed by atoms with E-state index in [1.807, 2.05) is 0 Å². The van der Waals surface area contributed by atoms with Crippen molar-refractivity contribution in [1.29, 1.82) is 0 Å². The zero-order chi connectivity index (χ0) is 37.9. The summed E-state index contributed by atoms with van der Waals surface area (Å²) < 4.78 is 0. The molecule has 1 aliphatic rings. The topological polar surface area (TPSA) is 15.6 Å². The predicted octanol–water partition coefficient (Wildman–Crippen LogP) is 14.3. The number of fused-ring (bicyclic) bond motifs is 7. The first-order chi connectivity index (χ1) is 28.2. The SMILES string of the molecule is CN1C(c2ccccc2)=NC(c2ccc(-c3cccc4c3ccc3ccccc34)cc2-c2cccc3c2ccc2ccccc23)=CC1c1ccc2ccccc2c1. The molecule has 268 valence electrons. The molecule has 0 aromatic heterocycles. The molecule has 11 rings (SSSR count). The highest BCUT2D eigenvalue weighted by molar-refractivity contribution is 6.15. The van der Waals surface area contributed by atoms with Gasteiger partial charge in [-0.05, 0) is 99.9 Å². The lowest BCUT2D eigenvalue weighted by molar-refractivity contribution is 0.435. The van der Waals surface area contributed by atoms with Crippen LogP contribution in [0.5, 0.6) is 0 Å². The van der Waals surface area contributed by atoms with Crippen LogP contribution in [0.15, 0.2) is 211 Å². The summed E-state index contributed by atoms with van der Waals surface area (Å²) in [6.07, 6.45) is 2.36. The van der Waals surface area contributed by atoms with Crippen molar-refractivity contribution in [1.82, 2.24) is 4.90 Å². The Hall–Kier alpha value is -7.29. The maximum absolute atomic E-state index is 5.55. The molecule has 0 radical (unpaired) electrons. The normalized spacial score (nSPS) is 14.4. The summed E-state index contributed by atoms with van der Waals surface area (Å²) in [5, 5.41) is 12.5. The van der Waals surface area contributed by atoms with Gasteiger partial charge in [-0.15, -0.1) is 0 Å². The Morgan fingerprint density at radius 1 is 0.368 bits per heavy atom. The number of hydrogen-bond donors (Lipinski definition) is 0. The third kappa shape index (κ3) is 5.60. The first-order valence-corrected chi connectivity index (χ1v) is 19.7. The number of amidine groups is 1. The third-order valence-corrected chi connectivity index (χ3v) is 11.9. The average Bonchev–Trinajstić information content (AvgIpc) is 3.28. The fourth-order valence-electron chi connectivity index (χ4n) is 9.07. The molecule has 10 aromatic rings. The van der Waals surface area contributed by atoms with E-state index < -0.39 is 0 Å². The van der Waals surface area contributed by atoms with Gasteiger partial charge in [0.05, 0.1) is 11.7 Å². The number of aliphatic imine (C=N–C) groups is 1. The number of benzene rings is 10. The van der Waals surface area contributed by atoms with E-state index in [0.29, 0.717) is 0 Å². The minimum Gasteiger partial charge on any atom is -0.349 e. The Morgan fingerprint density at radius 2 is 0.947 bits per heavy atom. The highest BCUT2D eigenvalue weighted by atomic mass is 15.2. The van der Waals surface area contributed by atoms with E-state index in [1.54, 1.807) is 0 Å². The molecule has 0 aliphatic carbocycles. The second kappa shape index (κ2) is 13.5. The van der Waals surface area contributed by atoms with E-state index in [1.165, 1.54) is 76.1 Å². The van der Waals surface area contributed by atoms with Gasteiger partial charge in [-0.1, -0.05) is 188 Å². The minimum absolute atomic E-state index is 0.0346. The predicted molar refractivity (Wildman–Crippen MR) is 243 cm³/mol. The van der Waals surface area contributed by atoms with E-state index in [0.717, 1.165) is 28.2 Å². The summed E-state index contributed by atoms with van der Waals surface area (Å²) in [6, 6.07) is 73.0. The molecule has 0 saturated heterocycles. The van der Waals surface area contributed by atoms with Gasteiger partial charge in [0.25, 0.3) is 0 Å². The molecular weight excluding hydrogens is 689 g/mol. The van der Waals surface area contributed by atoms with E-state index >= 15 is 0 Å². The number of rotatable bonds is 5. The van der Waals surface area contributed by atoms with Gasteiger partial charge in [0, 0.05) is 18.2 Å². The first kappa shape index (κ1) is 33.1. The van der Waals surface area contributed by atoms with Gasteiger partial charge in [0.1, 0.15) is 5.84 Å². The van der Waals surface area contributed by atoms with Crippen LogP contribution in [0.25, 0.3) is 81.8 Å². The largest absolute Gasteiger partial charge is 0.349 e. The summed E-state index contributed by atoms with van der Waals surface area (Å²) >= 11 is 0. The van der Waals surface area contributed by atoms with Crippen LogP contribution in [0.3, 0.4) is 0 Å². The molecule has 0 fully saturated rings. The molecule has 2 heteroatoms.